The lowest BCUT2D eigenvalue weighted by Crippen LogP contribution is -2.15. The number of ether oxygens (including phenoxy) is 1. The maximum absolute atomic E-state index is 11.3. The maximum Gasteiger partial charge on any atom is 0.376 e. The molecule has 0 atom stereocenters. The predicted octanol–water partition coefficient (Wildman–Crippen LogP) is 1.95. The largest absolute Gasteiger partial charge is 0.460 e. The zero-order chi connectivity index (χ0) is 11.5. The fourth-order valence-corrected chi connectivity index (χ4v) is 1.02. The molecule has 0 aliphatic heterocycles. The number of carbonyl (C=O) groups is 1. The van der Waals surface area contributed by atoms with E-state index in [1.165, 1.54) is 0 Å². The molecule has 0 amide bonds. The third kappa shape index (κ3) is 3.01. The van der Waals surface area contributed by atoms with E-state index in [0.29, 0.717) is 6.61 Å². The third-order valence-corrected chi connectivity index (χ3v) is 1.98. The van der Waals surface area contributed by atoms with Crippen LogP contribution in [0.5, 0.6) is 0 Å². The summed E-state index contributed by atoms with van der Waals surface area (Å²) >= 11 is 0. The summed E-state index contributed by atoms with van der Waals surface area (Å²) in [6, 6.07) is 0. The van der Waals surface area contributed by atoms with Crippen molar-refractivity contribution >= 4 is 5.97 Å². The fraction of sp³-hybridized carbons (Fsp3) is 0.545. The summed E-state index contributed by atoms with van der Waals surface area (Å²) in [5, 5.41) is 0. The molecule has 0 aliphatic rings. The van der Waals surface area contributed by atoms with Gasteiger partial charge in [0, 0.05) is 12.4 Å². The van der Waals surface area contributed by atoms with Crippen LogP contribution < -0.4 is 0 Å². The van der Waals surface area contributed by atoms with E-state index in [0.717, 1.165) is 5.56 Å². The molecular weight excluding hydrogens is 192 g/mol. The topological polar surface area (TPSA) is 52.1 Å². The van der Waals surface area contributed by atoms with Crippen molar-refractivity contribution in [1.29, 1.82) is 0 Å². The van der Waals surface area contributed by atoms with Gasteiger partial charge in [-0.05, 0) is 17.9 Å². The van der Waals surface area contributed by atoms with E-state index < -0.39 is 5.97 Å². The molecule has 0 bridgehead atoms. The number of rotatable bonds is 2. The van der Waals surface area contributed by atoms with Gasteiger partial charge in [-0.1, -0.05) is 20.8 Å². The van der Waals surface area contributed by atoms with Gasteiger partial charge in [0.1, 0.15) is 0 Å². The molecule has 1 aromatic heterocycles. The summed E-state index contributed by atoms with van der Waals surface area (Å²) in [6.07, 6.45) is 3.33. The number of carbonyl (C=O) groups excluding carboxylic acids is 1. The molecule has 4 heteroatoms. The SMILES string of the molecule is CCOC(=O)c1ncc(C(C)(C)C)cn1. The van der Waals surface area contributed by atoms with Gasteiger partial charge >= 0.3 is 5.97 Å². The summed E-state index contributed by atoms with van der Waals surface area (Å²) in [7, 11) is 0. The van der Waals surface area contributed by atoms with Gasteiger partial charge in [0.25, 0.3) is 0 Å². The van der Waals surface area contributed by atoms with Crippen molar-refractivity contribution in [1.82, 2.24) is 9.97 Å². The third-order valence-electron chi connectivity index (χ3n) is 1.98. The molecule has 0 N–H and O–H groups in total. The Morgan fingerprint density at radius 3 is 2.27 bits per heavy atom. The standard InChI is InChI=1S/C11H16N2O2/c1-5-15-10(14)9-12-6-8(7-13-9)11(2,3)4/h6-7H,5H2,1-4H3. The summed E-state index contributed by atoms with van der Waals surface area (Å²) in [5.41, 5.74) is 0.989. The highest BCUT2D eigenvalue weighted by molar-refractivity contribution is 5.84. The van der Waals surface area contributed by atoms with E-state index in [2.05, 4.69) is 30.7 Å². The Balaban J connectivity index is 2.86. The number of aromatic nitrogens is 2. The van der Waals surface area contributed by atoms with Crippen LogP contribution in [0.15, 0.2) is 12.4 Å². The predicted molar refractivity (Wildman–Crippen MR) is 56.7 cm³/mol. The van der Waals surface area contributed by atoms with E-state index >= 15 is 0 Å². The van der Waals surface area contributed by atoms with Gasteiger partial charge in [-0.2, -0.15) is 0 Å². The maximum atomic E-state index is 11.3. The lowest BCUT2D eigenvalue weighted by atomic mass is 9.89. The molecule has 0 fully saturated rings. The van der Waals surface area contributed by atoms with Gasteiger partial charge in [-0.25, -0.2) is 14.8 Å². The zero-order valence-corrected chi connectivity index (χ0v) is 9.57. The number of hydrogen-bond donors (Lipinski definition) is 0. The van der Waals surface area contributed by atoms with Crippen LogP contribution in [0.25, 0.3) is 0 Å². The molecule has 0 spiro atoms. The molecule has 0 radical (unpaired) electrons. The van der Waals surface area contributed by atoms with E-state index in [4.69, 9.17) is 4.74 Å². The van der Waals surface area contributed by atoms with E-state index in [1.807, 2.05) is 0 Å². The molecule has 0 unspecified atom stereocenters. The highest BCUT2D eigenvalue weighted by Crippen LogP contribution is 2.19. The summed E-state index contributed by atoms with van der Waals surface area (Å²) < 4.78 is 4.79. The molecule has 15 heavy (non-hydrogen) atoms. The first-order chi connectivity index (χ1) is 6.95. The van der Waals surface area contributed by atoms with Crippen LogP contribution in [0.2, 0.25) is 0 Å². The minimum atomic E-state index is -0.474. The number of esters is 1. The summed E-state index contributed by atoms with van der Waals surface area (Å²) in [6.45, 7) is 8.28. The van der Waals surface area contributed by atoms with Gasteiger partial charge in [0.2, 0.25) is 5.82 Å². The first-order valence-electron chi connectivity index (χ1n) is 4.94. The molecule has 0 aromatic carbocycles. The second kappa shape index (κ2) is 4.38. The first-order valence-corrected chi connectivity index (χ1v) is 4.94. The molecular formula is C11H16N2O2. The van der Waals surface area contributed by atoms with Crippen molar-refractivity contribution in [3.05, 3.63) is 23.8 Å². The summed E-state index contributed by atoms with van der Waals surface area (Å²) in [5.74, 6) is -0.359. The second-order valence-electron chi connectivity index (χ2n) is 4.27. The lowest BCUT2D eigenvalue weighted by molar-refractivity contribution is 0.0511. The molecule has 1 heterocycles. The average Bonchev–Trinajstić information content (AvgIpc) is 2.17. The molecule has 0 saturated carbocycles. The minimum absolute atomic E-state index is 0.00675. The molecule has 1 aromatic rings. The highest BCUT2D eigenvalue weighted by Gasteiger charge is 2.16. The van der Waals surface area contributed by atoms with E-state index in [9.17, 15) is 4.79 Å². The van der Waals surface area contributed by atoms with Crippen molar-refractivity contribution in [2.24, 2.45) is 0 Å². The van der Waals surface area contributed by atoms with E-state index in [1.54, 1.807) is 19.3 Å². The Labute approximate surface area is 89.7 Å². The quantitative estimate of drug-likeness (QED) is 0.697. The normalized spacial score (nSPS) is 11.2. The van der Waals surface area contributed by atoms with Crippen LogP contribution in [0.1, 0.15) is 43.9 Å². The monoisotopic (exact) mass is 208 g/mol. The zero-order valence-electron chi connectivity index (χ0n) is 9.57. The van der Waals surface area contributed by atoms with Gasteiger partial charge in [0.15, 0.2) is 0 Å². The molecule has 4 nitrogen and oxygen atoms in total. The fourth-order valence-electron chi connectivity index (χ4n) is 1.02. The lowest BCUT2D eigenvalue weighted by Gasteiger charge is -2.17. The Kier molecular flexibility index (Phi) is 3.39. The minimum Gasteiger partial charge on any atom is -0.460 e. The summed E-state index contributed by atoms with van der Waals surface area (Å²) in [4.78, 5) is 19.2. The van der Waals surface area contributed by atoms with Gasteiger partial charge < -0.3 is 4.74 Å². The number of hydrogen-bond acceptors (Lipinski definition) is 4. The molecule has 1 rings (SSSR count). The van der Waals surface area contributed by atoms with Crippen molar-refractivity contribution in [2.45, 2.75) is 33.1 Å². The Morgan fingerprint density at radius 2 is 1.87 bits per heavy atom. The van der Waals surface area contributed by atoms with Crippen molar-refractivity contribution in [3.63, 3.8) is 0 Å². The Morgan fingerprint density at radius 1 is 1.33 bits per heavy atom. The van der Waals surface area contributed by atoms with Crippen LogP contribution in [-0.4, -0.2) is 22.5 Å². The molecule has 82 valence electrons. The van der Waals surface area contributed by atoms with Crippen LogP contribution in [0.3, 0.4) is 0 Å². The van der Waals surface area contributed by atoms with Gasteiger partial charge in [-0.3, -0.25) is 0 Å². The Bertz CT molecular complexity index is 339. The van der Waals surface area contributed by atoms with E-state index in [-0.39, 0.29) is 11.2 Å². The molecule has 0 saturated heterocycles. The number of nitrogens with zero attached hydrogens (tertiary/aromatic N) is 2. The Hall–Kier alpha value is -1.45. The average molecular weight is 208 g/mol. The van der Waals surface area contributed by atoms with Crippen LogP contribution >= 0.6 is 0 Å². The highest BCUT2D eigenvalue weighted by atomic mass is 16.5. The van der Waals surface area contributed by atoms with Crippen molar-refractivity contribution in [3.8, 4) is 0 Å². The smallest absolute Gasteiger partial charge is 0.376 e. The second-order valence-corrected chi connectivity index (χ2v) is 4.27. The van der Waals surface area contributed by atoms with Crippen molar-refractivity contribution < 1.29 is 9.53 Å². The van der Waals surface area contributed by atoms with Gasteiger partial charge in [-0.15, -0.1) is 0 Å². The van der Waals surface area contributed by atoms with Crippen molar-refractivity contribution in [2.75, 3.05) is 6.61 Å². The first kappa shape index (κ1) is 11.6. The van der Waals surface area contributed by atoms with Crippen LogP contribution in [0, 0.1) is 0 Å². The van der Waals surface area contributed by atoms with Gasteiger partial charge in [0.05, 0.1) is 6.61 Å². The van der Waals surface area contributed by atoms with Crippen LogP contribution in [0.4, 0.5) is 0 Å². The van der Waals surface area contributed by atoms with Crippen LogP contribution in [-0.2, 0) is 10.2 Å². The molecule has 0 aliphatic carbocycles.